The number of nitrogens with zero attached hydrogens (tertiary/aromatic N) is 4. The number of hydrogen-bond donors (Lipinski definition) is 1. The van der Waals surface area contributed by atoms with Crippen molar-refractivity contribution < 1.29 is 13.2 Å². The quantitative estimate of drug-likeness (QED) is 0.436. The molecule has 0 radical (unpaired) electrons. The summed E-state index contributed by atoms with van der Waals surface area (Å²) in [5.74, 6) is 0.258. The predicted molar refractivity (Wildman–Crippen MR) is 112 cm³/mol. The van der Waals surface area contributed by atoms with Gasteiger partial charge in [-0.1, -0.05) is 40.6 Å². The summed E-state index contributed by atoms with van der Waals surface area (Å²) in [5.41, 5.74) is 2.51. The molecule has 29 heavy (non-hydrogen) atoms. The topological polar surface area (TPSA) is 107 Å². The van der Waals surface area contributed by atoms with Gasteiger partial charge in [-0.25, -0.2) is 8.42 Å². The minimum absolute atomic E-state index is 0.0802. The van der Waals surface area contributed by atoms with Crippen LogP contribution in [-0.2, 0) is 10.0 Å². The molecule has 0 aliphatic carbocycles. The molecule has 1 N–H and O–H groups in total. The van der Waals surface area contributed by atoms with Gasteiger partial charge in [-0.2, -0.15) is 4.98 Å². The average molecular weight is 468 g/mol. The third-order valence-electron chi connectivity index (χ3n) is 3.97. The highest BCUT2D eigenvalue weighted by Gasteiger charge is 2.19. The lowest BCUT2D eigenvalue weighted by atomic mass is 10.1. The van der Waals surface area contributed by atoms with E-state index in [2.05, 4.69) is 24.9 Å². The summed E-state index contributed by atoms with van der Waals surface area (Å²) in [6.45, 7) is 0. The standard InChI is InChI=1S/C17H11Cl2N5O3S2/c1-27-16-12(7-13(18)15(19)22-16)14-11-3-2-10(6-9(11)4-5-20-14)29(25,26)24-17-23-21-8-28-17/h2-8H,1H3,(H,23,24). The Bertz CT molecular complexity index is 1310. The van der Waals surface area contributed by atoms with Crippen molar-refractivity contribution in [3.05, 3.63) is 52.2 Å². The van der Waals surface area contributed by atoms with Gasteiger partial charge in [0, 0.05) is 11.6 Å². The fourth-order valence-corrected chi connectivity index (χ4v) is 4.72. The molecule has 148 valence electrons. The molecular formula is C17H11Cl2N5O3S2. The number of pyridine rings is 2. The molecular weight excluding hydrogens is 457 g/mol. The molecule has 0 amide bonds. The van der Waals surface area contributed by atoms with Crippen LogP contribution in [0.4, 0.5) is 5.13 Å². The van der Waals surface area contributed by atoms with E-state index in [1.807, 2.05) is 0 Å². The first-order valence-corrected chi connectivity index (χ1v) is 11.1. The Morgan fingerprint density at radius 1 is 1.17 bits per heavy atom. The maximum atomic E-state index is 12.6. The molecule has 0 fully saturated rings. The summed E-state index contributed by atoms with van der Waals surface area (Å²) < 4.78 is 33.0. The van der Waals surface area contributed by atoms with Crippen LogP contribution < -0.4 is 9.46 Å². The number of nitrogens with one attached hydrogen (secondary N) is 1. The highest BCUT2D eigenvalue weighted by atomic mass is 35.5. The van der Waals surface area contributed by atoms with Crippen molar-refractivity contribution in [2.24, 2.45) is 0 Å². The van der Waals surface area contributed by atoms with Gasteiger partial charge in [0.2, 0.25) is 11.0 Å². The van der Waals surface area contributed by atoms with E-state index in [-0.39, 0.29) is 26.1 Å². The Kier molecular flexibility index (Phi) is 5.26. The fourth-order valence-electron chi connectivity index (χ4n) is 2.71. The predicted octanol–water partition coefficient (Wildman–Crippen LogP) is 4.26. The number of fused-ring (bicyclic) bond motifs is 1. The number of hydrogen-bond acceptors (Lipinski definition) is 8. The van der Waals surface area contributed by atoms with Gasteiger partial charge in [-0.15, -0.1) is 10.2 Å². The average Bonchev–Trinajstić information content (AvgIpc) is 3.21. The Morgan fingerprint density at radius 2 is 2.00 bits per heavy atom. The smallest absolute Gasteiger partial charge is 0.263 e. The van der Waals surface area contributed by atoms with Crippen LogP contribution in [0.25, 0.3) is 22.0 Å². The molecule has 3 heterocycles. The van der Waals surface area contributed by atoms with Crippen molar-refractivity contribution in [3.8, 4) is 17.1 Å². The molecule has 0 atom stereocenters. The Morgan fingerprint density at radius 3 is 2.72 bits per heavy atom. The number of sulfonamides is 1. The summed E-state index contributed by atoms with van der Waals surface area (Å²) in [6, 6.07) is 8.00. The van der Waals surface area contributed by atoms with Crippen LogP contribution in [0.15, 0.2) is 46.9 Å². The van der Waals surface area contributed by atoms with Gasteiger partial charge in [0.05, 0.1) is 28.3 Å². The van der Waals surface area contributed by atoms with E-state index >= 15 is 0 Å². The lowest BCUT2D eigenvalue weighted by Crippen LogP contribution is -2.12. The number of methoxy groups -OCH3 is 1. The second-order valence-corrected chi connectivity index (χ2v) is 8.99. The lowest BCUT2D eigenvalue weighted by molar-refractivity contribution is 0.399. The molecule has 0 aliphatic heterocycles. The zero-order valence-electron chi connectivity index (χ0n) is 14.6. The maximum absolute atomic E-state index is 12.6. The van der Waals surface area contributed by atoms with Crippen molar-refractivity contribution in [2.75, 3.05) is 11.8 Å². The zero-order chi connectivity index (χ0) is 20.6. The van der Waals surface area contributed by atoms with Crippen LogP contribution in [0.1, 0.15) is 0 Å². The molecule has 12 heteroatoms. The van der Waals surface area contributed by atoms with Gasteiger partial charge in [-0.3, -0.25) is 9.71 Å². The highest BCUT2D eigenvalue weighted by Crippen LogP contribution is 2.37. The Balaban J connectivity index is 1.83. The van der Waals surface area contributed by atoms with Crippen LogP contribution in [0.2, 0.25) is 10.2 Å². The van der Waals surface area contributed by atoms with Crippen LogP contribution in [0.5, 0.6) is 5.88 Å². The largest absolute Gasteiger partial charge is 0.480 e. The van der Waals surface area contributed by atoms with Gasteiger partial charge in [0.1, 0.15) is 5.51 Å². The van der Waals surface area contributed by atoms with E-state index in [0.717, 1.165) is 11.3 Å². The molecule has 0 bridgehead atoms. The van der Waals surface area contributed by atoms with Gasteiger partial charge < -0.3 is 4.74 Å². The molecule has 0 saturated heterocycles. The minimum atomic E-state index is -3.82. The second-order valence-electron chi connectivity index (χ2n) is 5.71. The number of halogens is 2. The van der Waals surface area contributed by atoms with Crippen LogP contribution in [-0.4, -0.2) is 35.7 Å². The maximum Gasteiger partial charge on any atom is 0.263 e. The van der Waals surface area contributed by atoms with Gasteiger partial charge in [-0.05, 0) is 29.7 Å². The van der Waals surface area contributed by atoms with Crippen molar-refractivity contribution in [2.45, 2.75) is 4.90 Å². The lowest BCUT2D eigenvalue weighted by Gasteiger charge is -2.12. The normalized spacial score (nSPS) is 11.6. The van der Waals surface area contributed by atoms with E-state index in [9.17, 15) is 8.42 Å². The van der Waals surface area contributed by atoms with E-state index in [4.69, 9.17) is 27.9 Å². The molecule has 0 saturated carbocycles. The summed E-state index contributed by atoms with van der Waals surface area (Å²) in [5, 5.41) is 9.23. The molecule has 8 nitrogen and oxygen atoms in total. The molecule has 1 aromatic carbocycles. The number of anilines is 1. The third kappa shape index (κ3) is 3.84. The number of ether oxygens (including phenoxy) is 1. The first-order valence-electron chi connectivity index (χ1n) is 7.97. The first kappa shape index (κ1) is 19.8. The van der Waals surface area contributed by atoms with Crippen LogP contribution >= 0.6 is 34.5 Å². The first-order chi connectivity index (χ1) is 13.9. The summed E-state index contributed by atoms with van der Waals surface area (Å²) in [7, 11) is -2.35. The number of rotatable bonds is 5. The molecule has 4 aromatic rings. The van der Waals surface area contributed by atoms with Crippen molar-refractivity contribution in [1.82, 2.24) is 20.2 Å². The number of aromatic nitrogens is 4. The molecule has 0 aliphatic rings. The van der Waals surface area contributed by atoms with Crippen molar-refractivity contribution in [3.63, 3.8) is 0 Å². The molecule has 0 unspecified atom stereocenters. The van der Waals surface area contributed by atoms with Crippen molar-refractivity contribution in [1.29, 1.82) is 0 Å². The van der Waals surface area contributed by atoms with Crippen LogP contribution in [0.3, 0.4) is 0 Å². The highest BCUT2D eigenvalue weighted by molar-refractivity contribution is 7.93. The Hall–Kier alpha value is -2.53. The minimum Gasteiger partial charge on any atom is -0.480 e. The van der Waals surface area contributed by atoms with Crippen LogP contribution in [0, 0.1) is 0 Å². The Labute approximate surface area is 179 Å². The van der Waals surface area contributed by atoms with E-state index in [1.165, 1.54) is 18.7 Å². The zero-order valence-corrected chi connectivity index (χ0v) is 17.8. The third-order valence-corrected chi connectivity index (χ3v) is 6.72. The van der Waals surface area contributed by atoms with Gasteiger partial charge >= 0.3 is 0 Å². The molecule has 0 spiro atoms. The van der Waals surface area contributed by atoms with Gasteiger partial charge in [0.15, 0.2) is 5.15 Å². The molecule has 4 rings (SSSR count). The monoisotopic (exact) mass is 467 g/mol. The number of benzene rings is 1. The summed E-state index contributed by atoms with van der Waals surface area (Å²) in [6.07, 6.45) is 1.56. The van der Waals surface area contributed by atoms with E-state index in [0.29, 0.717) is 22.0 Å². The molecule has 3 aromatic heterocycles. The van der Waals surface area contributed by atoms with E-state index < -0.39 is 10.0 Å². The second kappa shape index (κ2) is 7.71. The fraction of sp³-hybridized carbons (Fsp3) is 0.0588. The van der Waals surface area contributed by atoms with Gasteiger partial charge in [0.25, 0.3) is 10.0 Å². The SMILES string of the molecule is COc1nc(Cl)c(Cl)cc1-c1nccc2cc(S(=O)(=O)Nc3nncs3)ccc12. The summed E-state index contributed by atoms with van der Waals surface area (Å²) in [4.78, 5) is 8.61. The van der Waals surface area contributed by atoms with E-state index in [1.54, 1.807) is 30.5 Å². The summed E-state index contributed by atoms with van der Waals surface area (Å²) >= 11 is 13.2. The van der Waals surface area contributed by atoms with Crippen molar-refractivity contribution >= 4 is 60.5 Å².